The molecule has 4 rings (SSSR count). The SMILES string of the molecule is C[C@@H]1CCN(C(=O)CC#N)C[C@@H]1N(C)c1nc(C2CCC(N)CC2)nc2c1ccn2C(=O)O. The van der Waals surface area contributed by atoms with Gasteiger partial charge in [-0.15, -0.1) is 0 Å². The summed E-state index contributed by atoms with van der Waals surface area (Å²) in [6.07, 6.45) is 4.65. The Kier molecular flexibility index (Phi) is 6.51. The first-order valence-corrected chi connectivity index (χ1v) is 11.6. The summed E-state index contributed by atoms with van der Waals surface area (Å²) in [6, 6.07) is 3.86. The summed E-state index contributed by atoms with van der Waals surface area (Å²) >= 11 is 0. The van der Waals surface area contributed by atoms with Crippen molar-refractivity contribution in [2.45, 2.75) is 63.5 Å². The summed E-state index contributed by atoms with van der Waals surface area (Å²) in [4.78, 5) is 37.6. The molecule has 3 heterocycles. The van der Waals surface area contributed by atoms with E-state index in [1.165, 1.54) is 6.20 Å². The number of nitrogens with zero attached hydrogens (tertiary/aromatic N) is 6. The van der Waals surface area contributed by atoms with Crippen LogP contribution in [0.3, 0.4) is 0 Å². The standard InChI is InChI=1S/C23H31N7O3/c1-14-8-11-29(19(31)7-10-24)13-18(14)28(2)21-17-9-12-30(23(32)33)22(17)27-20(26-21)15-3-5-16(25)6-4-15/h9,12,14-16,18H,3-8,11,13,25H2,1-2H3,(H,32,33)/t14-,15?,16?,18+/m1/s1. The van der Waals surface area contributed by atoms with Crippen molar-refractivity contribution in [2.24, 2.45) is 11.7 Å². The smallest absolute Gasteiger partial charge is 0.417 e. The van der Waals surface area contributed by atoms with Gasteiger partial charge in [0.05, 0.1) is 17.5 Å². The number of nitrogens with two attached hydrogens (primary N) is 1. The Labute approximate surface area is 193 Å². The van der Waals surface area contributed by atoms with Crippen molar-refractivity contribution in [3.05, 3.63) is 18.1 Å². The van der Waals surface area contributed by atoms with Crippen molar-refractivity contribution in [3.63, 3.8) is 0 Å². The Bertz CT molecular complexity index is 1080. The maximum atomic E-state index is 12.4. The molecule has 0 bridgehead atoms. The van der Waals surface area contributed by atoms with Crippen LogP contribution in [0.4, 0.5) is 10.6 Å². The summed E-state index contributed by atoms with van der Waals surface area (Å²) in [5.74, 6) is 1.60. The van der Waals surface area contributed by atoms with E-state index in [0.717, 1.165) is 36.7 Å². The van der Waals surface area contributed by atoms with Gasteiger partial charge in [-0.25, -0.2) is 19.3 Å². The minimum Gasteiger partial charge on any atom is -0.464 e. The number of piperidine rings is 1. The molecule has 2 fully saturated rings. The first-order valence-electron chi connectivity index (χ1n) is 11.6. The van der Waals surface area contributed by atoms with Gasteiger partial charge < -0.3 is 20.6 Å². The van der Waals surface area contributed by atoms with Crippen LogP contribution in [0.2, 0.25) is 0 Å². The van der Waals surface area contributed by atoms with Crippen LogP contribution in [0.5, 0.6) is 0 Å². The Morgan fingerprint density at radius 1 is 1.27 bits per heavy atom. The van der Waals surface area contributed by atoms with Crippen molar-refractivity contribution >= 4 is 28.9 Å². The van der Waals surface area contributed by atoms with E-state index in [1.807, 2.05) is 13.1 Å². The average molecular weight is 454 g/mol. The molecule has 1 saturated heterocycles. The Balaban J connectivity index is 1.72. The molecule has 10 heteroatoms. The Hall–Kier alpha value is -3.19. The van der Waals surface area contributed by atoms with Gasteiger partial charge in [0.15, 0.2) is 5.65 Å². The molecular weight excluding hydrogens is 422 g/mol. The fourth-order valence-electron chi connectivity index (χ4n) is 5.11. The largest absolute Gasteiger partial charge is 0.464 e. The summed E-state index contributed by atoms with van der Waals surface area (Å²) in [7, 11) is 1.94. The van der Waals surface area contributed by atoms with Gasteiger partial charge in [-0.3, -0.25) is 4.79 Å². The van der Waals surface area contributed by atoms with E-state index in [2.05, 4.69) is 16.8 Å². The molecule has 0 radical (unpaired) electrons. The van der Waals surface area contributed by atoms with E-state index in [1.54, 1.807) is 11.0 Å². The van der Waals surface area contributed by atoms with Crippen molar-refractivity contribution in [3.8, 4) is 6.07 Å². The number of amides is 1. The Morgan fingerprint density at radius 2 is 2.00 bits per heavy atom. The predicted octanol–water partition coefficient (Wildman–Crippen LogP) is 2.53. The molecule has 0 unspecified atom stereocenters. The van der Waals surface area contributed by atoms with Gasteiger partial charge in [0.1, 0.15) is 18.1 Å². The monoisotopic (exact) mass is 453 g/mol. The van der Waals surface area contributed by atoms with E-state index in [4.69, 9.17) is 16.0 Å². The molecule has 33 heavy (non-hydrogen) atoms. The number of nitriles is 1. The molecule has 2 aliphatic rings. The highest BCUT2D eigenvalue weighted by Gasteiger charge is 2.34. The molecule has 1 amide bonds. The van der Waals surface area contributed by atoms with E-state index in [0.29, 0.717) is 41.7 Å². The zero-order valence-corrected chi connectivity index (χ0v) is 19.1. The zero-order valence-electron chi connectivity index (χ0n) is 19.1. The third-order valence-corrected chi connectivity index (χ3v) is 7.22. The number of carboxylic acid groups (broad SMARTS) is 1. The lowest BCUT2D eigenvalue weighted by Crippen LogP contribution is -2.52. The second-order valence-corrected chi connectivity index (χ2v) is 9.34. The van der Waals surface area contributed by atoms with Gasteiger partial charge in [-0.1, -0.05) is 6.92 Å². The third kappa shape index (κ3) is 4.50. The zero-order chi connectivity index (χ0) is 23.7. The number of carbonyl (C=O) groups excluding carboxylic acids is 1. The number of rotatable bonds is 4. The number of hydrogen-bond acceptors (Lipinski definition) is 7. The van der Waals surface area contributed by atoms with Crippen LogP contribution < -0.4 is 10.6 Å². The van der Waals surface area contributed by atoms with Crippen LogP contribution in [-0.2, 0) is 4.79 Å². The lowest BCUT2D eigenvalue weighted by atomic mass is 9.86. The van der Waals surface area contributed by atoms with Crippen molar-refractivity contribution in [1.29, 1.82) is 5.26 Å². The molecule has 1 aliphatic heterocycles. The fourth-order valence-corrected chi connectivity index (χ4v) is 5.11. The highest BCUT2D eigenvalue weighted by atomic mass is 16.4. The maximum Gasteiger partial charge on any atom is 0.417 e. The van der Waals surface area contributed by atoms with Gasteiger partial charge in [0.2, 0.25) is 5.91 Å². The van der Waals surface area contributed by atoms with Crippen LogP contribution in [-0.4, -0.2) is 68.8 Å². The molecule has 2 aromatic heterocycles. The van der Waals surface area contributed by atoms with E-state index < -0.39 is 6.09 Å². The lowest BCUT2D eigenvalue weighted by Gasteiger charge is -2.42. The number of likely N-dealkylation sites (N-methyl/N-ethyl adjacent to an activating group) is 1. The summed E-state index contributed by atoms with van der Waals surface area (Å²) < 4.78 is 1.14. The van der Waals surface area contributed by atoms with Gasteiger partial charge in [0.25, 0.3) is 0 Å². The number of hydrogen-bond donors (Lipinski definition) is 2. The third-order valence-electron chi connectivity index (χ3n) is 7.22. The van der Waals surface area contributed by atoms with Gasteiger partial charge in [-0.05, 0) is 44.1 Å². The van der Waals surface area contributed by atoms with E-state index in [9.17, 15) is 14.7 Å². The maximum absolute atomic E-state index is 12.4. The van der Waals surface area contributed by atoms with Crippen molar-refractivity contribution in [1.82, 2.24) is 19.4 Å². The van der Waals surface area contributed by atoms with Crippen molar-refractivity contribution < 1.29 is 14.7 Å². The number of aromatic nitrogens is 3. The predicted molar refractivity (Wildman–Crippen MR) is 123 cm³/mol. The van der Waals surface area contributed by atoms with Crippen LogP contribution in [0.1, 0.15) is 57.2 Å². The first kappa shape index (κ1) is 23.0. The second-order valence-electron chi connectivity index (χ2n) is 9.34. The molecule has 2 aromatic rings. The second kappa shape index (κ2) is 9.35. The summed E-state index contributed by atoms with van der Waals surface area (Å²) in [6.45, 7) is 3.28. The number of carbonyl (C=O) groups is 2. The van der Waals surface area contributed by atoms with Gasteiger partial charge in [0, 0.05) is 38.3 Å². The van der Waals surface area contributed by atoms with Crippen molar-refractivity contribution in [2.75, 3.05) is 25.0 Å². The molecule has 176 valence electrons. The van der Waals surface area contributed by atoms with Gasteiger partial charge in [-0.2, -0.15) is 5.26 Å². The van der Waals surface area contributed by atoms with E-state index >= 15 is 0 Å². The highest BCUT2D eigenvalue weighted by Crippen LogP contribution is 2.35. The molecule has 10 nitrogen and oxygen atoms in total. The highest BCUT2D eigenvalue weighted by molar-refractivity contribution is 5.93. The minimum atomic E-state index is -1.09. The number of anilines is 1. The molecular formula is C23H31N7O3. The topological polar surface area (TPSA) is 141 Å². The molecule has 0 aromatic carbocycles. The summed E-state index contributed by atoms with van der Waals surface area (Å²) in [5.41, 5.74) is 6.46. The number of likely N-dealkylation sites (tertiary alicyclic amines) is 1. The van der Waals surface area contributed by atoms with E-state index in [-0.39, 0.29) is 30.3 Å². The molecule has 1 saturated carbocycles. The quantitative estimate of drug-likeness (QED) is 0.719. The summed E-state index contributed by atoms with van der Waals surface area (Å²) in [5, 5.41) is 19.3. The van der Waals surface area contributed by atoms with Crippen LogP contribution in [0.15, 0.2) is 12.3 Å². The lowest BCUT2D eigenvalue weighted by molar-refractivity contribution is -0.131. The molecule has 3 N–H and O–H groups in total. The van der Waals surface area contributed by atoms with Crippen LogP contribution >= 0.6 is 0 Å². The average Bonchev–Trinajstić information content (AvgIpc) is 3.23. The normalized spacial score (nSPS) is 25.6. The fraction of sp³-hybridized carbons (Fsp3) is 0.609. The molecule has 0 spiro atoms. The van der Waals surface area contributed by atoms with Crippen LogP contribution in [0.25, 0.3) is 11.0 Å². The van der Waals surface area contributed by atoms with Gasteiger partial charge >= 0.3 is 6.09 Å². The van der Waals surface area contributed by atoms with Crippen LogP contribution in [0, 0.1) is 17.2 Å². The molecule has 1 aliphatic carbocycles. The first-order chi connectivity index (χ1) is 15.8. The number of fused-ring (bicyclic) bond motifs is 1. The Morgan fingerprint density at radius 3 is 2.67 bits per heavy atom. The molecule has 2 atom stereocenters. The minimum absolute atomic E-state index is 0.0136.